The topological polar surface area (TPSA) is 44.8 Å². The molecule has 2 aromatic rings. The van der Waals surface area contributed by atoms with Crippen LogP contribution in [0.2, 0.25) is 0 Å². The van der Waals surface area contributed by atoms with Crippen molar-refractivity contribution in [3.8, 4) is 5.75 Å². The molecular formula is C20H22F3N3O2. The van der Waals surface area contributed by atoms with Crippen molar-refractivity contribution in [2.24, 2.45) is 0 Å². The number of carbonyl (C=O) groups is 1. The maximum atomic E-state index is 13.9. The molecule has 1 aliphatic heterocycles. The summed E-state index contributed by atoms with van der Waals surface area (Å²) in [5.41, 5.74) is 1.30. The third-order valence-electron chi connectivity index (χ3n) is 4.48. The lowest BCUT2D eigenvalue weighted by Crippen LogP contribution is -2.51. The van der Waals surface area contributed by atoms with Crippen LogP contribution in [-0.4, -0.2) is 50.1 Å². The lowest BCUT2D eigenvalue weighted by Gasteiger charge is -2.36. The van der Waals surface area contributed by atoms with Crippen molar-refractivity contribution < 1.29 is 22.7 Å². The largest absolute Gasteiger partial charge is 0.488 e. The molecule has 0 saturated carbocycles. The van der Waals surface area contributed by atoms with E-state index in [1.807, 2.05) is 4.90 Å². The van der Waals surface area contributed by atoms with Crippen molar-refractivity contribution in [2.75, 3.05) is 37.7 Å². The predicted molar refractivity (Wildman–Crippen MR) is 100 cm³/mol. The van der Waals surface area contributed by atoms with Crippen LogP contribution >= 0.6 is 0 Å². The summed E-state index contributed by atoms with van der Waals surface area (Å²) in [6, 6.07) is 13.1. The summed E-state index contributed by atoms with van der Waals surface area (Å²) >= 11 is 0. The molecule has 8 heteroatoms. The Labute approximate surface area is 161 Å². The van der Waals surface area contributed by atoms with Crippen LogP contribution in [0.4, 0.5) is 23.7 Å². The third kappa shape index (κ3) is 5.31. The summed E-state index contributed by atoms with van der Waals surface area (Å²) in [7, 11) is 0. The zero-order valence-electron chi connectivity index (χ0n) is 15.3. The number of anilines is 1. The Morgan fingerprint density at radius 3 is 2.54 bits per heavy atom. The highest BCUT2D eigenvalue weighted by atomic mass is 19.3. The normalized spacial score (nSPS) is 14.3. The molecule has 2 amide bonds. The Morgan fingerprint density at radius 2 is 1.82 bits per heavy atom. The van der Waals surface area contributed by atoms with Crippen LogP contribution in [-0.2, 0) is 6.54 Å². The zero-order chi connectivity index (χ0) is 19.9. The van der Waals surface area contributed by atoms with E-state index in [1.165, 1.54) is 6.07 Å². The number of nitrogens with one attached hydrogen (secondary N) is 1. The minimum Gasteiger partial charge on any atom is -0.488 e. The molecule has 0 atom stereocenters. The van der Waals surface area contributed by atoms with E-state index in [0.29, 0.717) is 37.6 Å². The molecule has 28 heavy (non-hydrogen) atoms. The van der Waals surface area contributed by atoms with Crippen LogP contribution in [0.3, 0.4) is 0 Å². The van der Waals surface area contributed by atoms with Gasteiger partial charge in [0.05, 0.1) is 5.69 Å². The molecule has 0 radical (unpaired) electrons. The van der Waals surface area contributed by atoms with E-state index in [1.54, 1.807) is 47.4 Å². The number of rotatable bonds is 6. The summed E-state index contributed by atoms with van der Waals surface area (Å²) in [6.45, 7) is 1.66. The number of nitrogens with zero attached hydrogens (tertiary/aromatic N) is 2. The lowest BCUT2D eigenvalue weighted by molar-refractivity contribution is 0.0818. The van der Waals surface area contributed by atoms with Crippen molar-refractivity contribution in [2.45, 2.75) is 13.0 Å². The first kappa shape index (κ1) is 19.9. The van der Waals surface area contributed by atoms with Crippen molar-refractivity contribution in [1.29, 1.82) is 0 Å². The van der Waals surface area contributed by atoms with Gasteiger partial charge in [0.2, 0.25) is 0 Å². The number of piperazine rings is 1. The molecule has 1 fully saturated rings. The highest BCUT2D eigenvalue weighted by Crippen LogP contribution is 2.20. The molecule has 0 aliphatic carbocycles. The van der Waals surface area contributed by atoms with Gasteiger partial charge in [-0.15, -0.1) is 0 Å². The van der Waals surface area contributed by atoms with Crippen LogP contribution in [0.5, 0.6) is 5.75 Å². The Bertz CT molecular complexity index is 796. The summed E-state index contributed by atoms with van der Waals surface area (Å²) < 4.78 is 43.3. The monoisotopic (exact) mass is 393 g/mol. The van der Waals surface area contributed by atoms with Crippen LogP contribution in [0, 0.1) is 5.82 Å². The summed E-state index contributed by atoms with van der Waals surface area (Å²) in [4.78, 5) is 16.0. The first-order chi connectivity index (χ1) is 13.5. The van der Waals surface area contributed by atoms with E-state index in [-0.39, 0.29) is 18.4 Å². The van der Waals surface area contributed by atoms with Crippen molar-refractivity contribution in [3.05, 3.63) is 59.9 Å². The maximum absolute atomic E-state index is 13.9. The summed E-state index contributed by atoms with van der Waals surface area (Å²) in [6.07, 6.45) is -2.54. The standard InChI is InChI=1S/C20H22F3N3O2/c21-17-6-1-2-7-18(17)25-8-10-26(11-9-25)20(27)24-13-15-4-3-5-16(12-15)28-14-19(22)23/h1-7,12,19H,8-11,13-14H2,(H,24,27). The van der Waals surface area contributed by atoms with E-state index in [2.05, 4.69) is 5.32 Å². The van der Waals surface area contributed by atoms with E-state index >= 15 is 0 Å². The van der Waals surface area contributed by atoms with Crippen molar-refractivity contribution in [3.63, 3.8) is 0 Å². The zero-order valence-corrected chi connectivity index (χ0v) is 15.3. The van der Waals surface area contributed by atoms with Gasteiger partial charge in [-0.2, -0.15) is 0 Å². The van der Waals surface area contributed by atoms with Gasteiger partial charge >= 0.3 is 6.03 Å². The lowest BCUT2D eigenvalue weighted by atomic mass is 10.2. The van der Waals surface area contributed by atoms with Crippen molar-refractivity contribution in [1.82, 2.24) is 10.2 Å². The molecule has 5 nitrogen and oxygen atoms in total. The number of para-hydroxylation sites is 1. The maximum Gasteiger partial charge on any atom is 0.317 e. The van der Waals surface area contributed by atoms with Gasteiger partial charge < -0.3 is 19.9 Å². The Balaban J connectivity index is 1.47. The molecule has 2 aromatic carbocycles. The van der Waals surface area contributed by atoms with Gasteiger partial charge in [-0.25, -0.2) is 18.0 Å². The second kappa shape index (κ2) is 9.34. The molecule has 1 N–H and O–H groups in total. The highest BCUT2D eigenvalue weighted by Gasteiger charge is 2.22. The molecular weight excluding hydrogens is 371 g/mol. The molecule has 0 bridgehead atoms. The van der Waals surface area contributed by atoms with Gasteiger partial charge in [0.25, 0.3) is 6.43 Å². The number of hydrogen-bond donors (Lipinski definition) is 1. The van der Waals surface area contributed by atoms with E-state index in [0.717, 1.165) is 5.56 Å². The summed E-state index contributed by atoms with van der Waals surface area (Å²) in [5.74, 6) is 0.0693. The van der Waals surface area contributed by atoms with Crippen LogP contribution in [0.25, 0.3) is 0 Å². The molecule has 1 saturated heterocycles. The molecule has 1 aliphatic rings. The highest BCUT2D eigenvalue weighted by molar-refractivity contribution is 5.74. The van der Waals surface area contributed by atoms with Crippen LogP contribution in [0.1, 0.15) is 5.56 Å². The summed E-state index contributed by atoms with van der Waals surface area (Å²) in [5, 5.41) is 2.82. The molecule has 0 aromatic heterocycles. The van der Waals surface area contributed by atoms with E-state index in [4.69, 9.17) is 4.74 Å². The Morgan fingerprint density at radius 1 is 1.07 bits per heavy atom. The molecule has 1 heterocycles. The number of halogens is 3. The van der Waals surface area contributed by atoms with Gasteiger partial charge in [0.15, 0.2) is 0 Å². The van der Waals surface area contributed by atoms with Gasteiger partial charge in [0, 0.05) is 32.7 Å². The third-order valence-corrected chi connectivity index (χ3v) is 4.48. The second-order valence-corrected chi connectivity index (χ2v) is 6.43. The molecule has 150 valence electrons. The van der Waals surface area contributed by atoms with Gasteiger partial charge in [-0.1, -0.05) is 24.3 Å². The van der Waals surface area contributed by atoms with E-state index < -0.39 is 13.0 Å². The smallest absolute Gasteiger partial charge is 0.317 e. The first-order valence-corrected chi connectivity index (χ1v) is 9.05. The average Bonchev–Trinajstić information content (AvgIpc) is 2.71. The minimum atomic E-state index is -2.54. The number of carbonyl (C=O) groups excluding carboxylic acids is 1. The SMILES string of the molecule is O=C(NCc1cccc(OCC(F)F)c1)N1CCN(c2ccccc2F)CC1. The fourth-order valence-corrected chi connectivity index (χ4v) is 3.05. The fraction of sp³-hybridized carbons (Fsp3) is 0.350. The first-order valence-electron chi connectivity index (χ1n) is 9.05. The fourth-order valence-electron chi connectivity index (χ4n) is 3.05. The molecule has 3 rings (SSSR count). The molecule has 0 unspecified atom stereocenters. The number of ether oxygens (including phenoxy) is 1. The number of benzene rings is 2. The minimum absolute atomic E-state index is 0.216. The Kier molecular flexibility index (Phi) is 6.62. The van der Waals surface area contributed by atoms with E-state index in [9.17, 15) is 18.0 Å². The van der Waals surface area contributed by atoms with Gasteiger partial charge in [-0.3, -0.25) is 0 Å². The quantitative estimate of drug-likeness (QED) is 0.817. The van der Waals surface area contributed by atoms with Gasteiger partial charge in [-0.05, 0) is 29.8 Å². The average molecular weight is 393 g/mol. The number of urea groups is 1. The number of hydrogen-bond acceptors (Lipinski definition) is 3. The van der Waals surface area contributed by atoms with Gasteiger partial charge in [0.1, 0.15) is 18.2 Å². The predicted octanol–water partition coefficient (Wildman–Crippen LogP) is 3.50. The molecule has 0 spiro atoms. The number of alkyl halides is 2. The van der Waals surface area contributed by atoms with Crippen LogP contribution < -0.4 is 15.0 Å². The Hall–Kier alpha value is -2.90. The van der Waals surface area contributed by atoms with Crippen molar-refractivity contribution >= 4 is 11.7 Å². The second-order valence-electron chi connectivity index (χ2n) is 6.43. The van der Waals surface area contributed by atoms with Crippen LogP contribution in [0.15, 0.2) is 48.5 Å². The number of amides is 2.